The maximum atomic E-state index is 10.1. The van der Waals surface area contributed by atoms with Crippen molar-refractivity contribution in [2.75, 3.05) is 48.2 Å². The molecule has 7 rings (SSSR count). The summed E-state index contributed by atoms with van der Waals surface area (Å²) in [4.78, 5) is 30.0. The first-order valence-corrected chi connectivity index (χ1v) is 20.3. The van der Waals surface area contributed by atoms with Crippen LogP contribution in [0.1, 0.15) is 97.9 Å². The minimum absolute atomic E-state index is 0. The predicted octanol–water partition coefficient (Wildman–Crippen LogP) is 7.84. The lowest BCUT2D eigenvalue weighted by molar-refractivity contribution is 0.0660. The van der Waals surface area contributed by atoms with E-state index in [1.54, 1.807) is 72.8 Å². The molecule has 2 saturated carbocycles. The molecule has 318 valence electrons. The molecule has 0 aromatic carbocycles. The number of hydrogen-bond acceptors (Lipinski definition) is 14. The van der Waals surface area contributed by atoms with Crippen LogP contribution < -0.4 is 20.9 Å². The second-order valence-corrected chi connectivity index (χ2v) is 16.3. The van der Waals surface area contributed by atoms with Gasteiger partial charge < -0.3 is 40.5 Å². The van der Waals surface area contributed by atoms with Gasteiger partial charge in [0.2, 0.25) is 0 Å². The van der Waals surface area contributed by atoms with Crippen molar-refractivity contribution in [1.82, 2.24) is 29.9 Å². The number of rotatable bonds is 12. The highest BCUT2D eigenvalue weighted by Gasteiger charge is 2.33. The van der Waals surface area contributed by atoms with Gasteiger partial charge in [-0.05, 0) is 103 Å². The summed E-state index contributed by atoms with van der Waals surface area (Å²) in [5.41, 5.74) is 3.52. The Hall–Kier alpha value is -5.02. The fourth-order valence-electron chi connectivity index (χ4n) is 7.58. The molecule has 0 radical (unpaired) electrons. The minimum Gasteiger partial charge on any atom is -0.384 e. The summed E-state index contributed by atoms with van der Waals surface area (Å²) >= 11 is 0. The third kappa shape index (κ3) is 11.4. The molecule has 0 amide bonds. The number of hydrogen-bond donors (Lipinski definition) is 5. The van der Waals surface area contributed by atoms with Gasteiger partial charge >= 0.3 is 0 Å². The molecular weight excluding hydrogens is 752 g/mol. The molecular formula is C45H64N10O4. The highest BCUT2D eigenvalue weighted by Crippen LogP contribution is 2.37. The van der Waals surface area contributed by atoms with Crippen LogP contribution in [0.25, 0.3) is 22.5 Å². The maximum Gasteiger partial charge on any atom is 0.176 e. The van der Waals surface area contributed by atoms with Gasteiger partial charge in [-0.25, -0.2) is 19.9 Å². The molecule has 0 saturated heterocycles. The van der Waals surface area contributed by atoms with Crippen LogP contribution in [0.5, 0.6) is 0 Å². The molecule has 14 nitrogen and oxygen atoms in total. The molecule has 4 aromatic heterocycles. The number of fused-ring (bicyclic) bond motifs is 1. The monoisotopic (exact) mass is 816 g/mol. The van der Waals surface area contributed by atoms with E-state index in [1.165, 1.54) is 0 Å². The first kappa shape index (κ1) is 45.1. The smallest absolute Gasteiger partial charge is 0.176 e. The topological polar surface area (TPSA) is 176 Å². The van der Waals surface area contributed by atoms with E-state index in [2.05, 4.69) is 53.9 Å². The average molecular weight is 816 g/mol. The SMILES string of the molecule is C.C=C1CNc2ncc(-c3ccc([14C](C)(C)O)nc3)nc2N1C1CCC(OC)CC1.C=[13CH][13CH2]Nc1ncc(-c2ccc([13C]([13CH3])([13CH3])O)nc2)nc1NC1CCC(OC)CC1. The number of aliphatic hydroxyl groups is 2. The lowest BCUT2D eigenvalue weighted by Crippen LogP contribution is -2.43. The molecule has 5 N–H and O–H groups in total. The second-order valence-electron chi connectivity index (χ2n) is 16.3. The van der Waals surface area contributed by atoms with Crippen LogP contribution in [0.3, 0.4) is 0 Å². The third-order valence-corrected chi connectivity index (χ3v) is 11.0. The van der Waals surface area contributed by atoms with Crippen molar-refractivity contribution >= 4 is 23.3 Å². The fourth-order valence-corrected chi connectivity index (χ4v) is 7.58. The van der Waals surface area contributed by atoms with Gasteiger partial charge in [-0.15, -0.1) is 6.58 Å². The molecule has 5 heterocycles. The number of aromatic nitrogens is 6. The highest BCUT2D eigenvalue weighted by molar-refractivity contribution is 5.72. The molecule has 2 aliphatic carbocycles. The molecule has 0 bridgehead atoms. The number of pyridine rings is 2. The summed E-state index contributed by atoms with van der Waals surface area (Å²) in [5, 5.41) is 30.4. The highest BCUT2D eigenvalue weighted by atomic mass is 16.5. The Bertz CT molecular complexity index is 1980. The quantitative estimate of drug-likeness (QED) is 0.0691. The van der Waals surface area contributed by atoms with E-state index in [0.717, 1.165) is 97.0 Å². The lowest BCUT2D eigenvalue weighted by atomic mass is 9.91. The zero-order valence-electron chi connectivity index (χ0n) is 34.8. The first-order valence-electron chi connectivity index (χ1n) is 20.3. The second kappa shape index (κ2) is 19.8. The van der Waals surface area contributed by atoms with Crippen LogP contribution in [0.4, 0.5) is 23.3 Å². The third-order valence-electron chi connectivity index (χ3n) is 11.0. The van der Waals surface area contributed by atoms with E-state index < -0.39 is 11.2 Å². The molecule has 59 heavy (non-hydrogen) atoms. The maximum absolute atomic E-state index is 10.1. The summed E-state index contributed by atoms with van der Waals surface area (Å²) in [6.07, 6.45) is 17.8. The van der Waals surface area contributed by atoms with E-state index in [1.807, 2.05) is 24.3 Å². The van der Waals surface area contributed by atoms with Crippen molar-refractivity contribution in [2.24, 2.45) is 0 Å². The van der Waals surface area contributed by atoms with Gasteiger partial charge in [0.15, 0.2) is 23.3 Å². The summed E-state index contributed by atoms with van der Waals surface area (Å²) in [6.45, 7) is 16.2. The van der Waals surface area contributed by atoms with Crippen LogP contribution in [-0.2, 0) is 20.7 Å². The Balaban J connectivity index is 0.000000220. The molecule has 0 unspecified atom stereocenters. The van der Waals surface area contributed by atoms with E-state index >= 15 is 0 Å². The summed E-state index contributed by atoms with van der Waals surface area (Å²) in [5.74, 6) is 3.06. The Kier molecular flexibility index (Phi) is 15.1. The molecule has 2 fully saturated rings. The molecule has 1 aliphatic heterocycles. The number of anilines is 4. The van der Waals surface area contributed by atoms with Gasteiger partial charge in [0.25, 0.3) is 0 Å². The number of nitrogens with one attached hydrogen (secondary N) is 3. The Morgan fingerprint density at radius 3 is 2.02 bits per heavy atom. The predicted molar refractivity (Wildman–Crippen MR) is 236 cm³/mol. The van der Waals surface area contributed by atoms with Gasteiger partial charge in [0, 0.05) is 62.1 Å². The summed E-state index contributed by atoms with van der Waals surface area (Å²) in [7, 11) is 3.57. The van der Waals surface area contributed by atoms with Crippen LogP contribution in [0.2, 0.25) is 0 Å². The number of methoxy groups -OCH3 is 2. The van der Waals surface area contributed by atoms with E-state index in [9.17, 15) is 10.2 Å². The van der Waals surface area contributed by atoms with Crippen molar-refractivity contribution in [1.29, 1.82) is 0 Å². The zero-order chi connectivity index (χ0) is 41.5. The Morgan fingerprint density at radius 1 is 0.847 bits per heavy atom. The normalized spacial score (nSPS) is 20.5. The zero-order valence-corrected chi connectivity index (χ0v) is 34.8. The van der Waals surface area contributed by atoms with Gasteiger partial charge in [-0.1, -0.05) is 20.1 Å². The van der Waals surface area contributed by atoms with Crippen molar-refractivity contribution in [3.63, 3.8) is 0 Å². The minimum atomic E-state index is -0.976. The molecule has 4 aromatic rings. The largest absolute Gasteiger partial charge is 0.384 e. The molecule has 14 heteroatoms. The number of nitrogens with zero attached hydrogens (tertiary/aromatic N) is 7. The molecule has 3 aliphatic rings. The molecule has 0 atom stereocenters. The van der Waals surface area contributed by atoms with Crippen LogP contribution in [0, 0.1) is 0 Å². The average Bonchev–Trinajstić information content (AvgIpc) is 3.23. The first-order chi connectivity index (χ1) is 27.8. The van der Waals surface area contributed by atoms with Crippen LogP contribution in [0.15, 0.2) is 74.0 Å². The van der Waals surface area contributed by atoms with Gasteiger partial charge in [-0.2, -0.15) is 0 Å². The standard InChI is InChI=1S/C22H29N5O2.C22H31N5O2.CH4/c1-14-11-24-20-21(27(14)16-6-8-17(29-4)9-7-16)26-18(13-25-20)15-5-10-19(23-12-15)22(2,3)28;1-5-12-23-20-21(26-16-7-9-17(29-4)10-8-16)27-18(14-25-20)15-6-11-19(24-13-15)22(2,3)28;/h5,10,12-13,16-17,28H,1,6-9,11H2,2-4H3,(H,24,25);5-6,11,13-14,16-17,28H,1,7-10,12H2,2-4H3,(H,23,25)(H,26,27);1H4/i22+2;2+1,3+1,5+1,12+1,22+1;. The van der Waals surface area contributed by atoms with Crippen LogP contribution in [-0.4, -0.2) is 91.7 Å². The van der Waals surface area contributed by atoms with E-state index in [0.29, 0.717) is 54.6 Å². The van der Waals surface area contributed by atoms with E-state index in [-0.39, 0.29) is 7.43 Å². The van der Waals surface area contributed by atoms with Gasteiger partial charge in [-0.3, -0.25) is 9.97 Å². The van der Waals surface area contributed by atoms with E-state index in [4.69, 9.17) is 19.4 Å². The summed E-state index contributed by atoms with van der Waals surface area (Å²) < 4.78 is 11.0. The fraction of sp³-hybridized carbons (Fsp3) is 0.511. The Labute approximate surface area is 350 Å². The molecule has 0 spiro atoms. The van der Waals surface area contributed by atoms with Gasteiger partial charge in [0.05, 0.1) is 53.9 Å². The summed E-state index contributed by atoms with van der Waals surface area (Å²) in [6, 6.07) is 8.18. The van der Waals surface area contributed by atoms with Crippen molar-refractivity contribution in [2.45, 2.75) is 122 Å². The van der Waals surface area contributed by atoms with Crippen molar-refractivity contribution in [3.8, 4) is 22.5 Å². The van der Waals surface area contributed by atoms with Gasteiger partial charge in [0.1, 0.15) is 11.2 Å². The lowest BCUT2D eigenvalue weighted by Gasteiger charge is -2.41. The van der Waals surface area contributed by atoms with Crippen molar-refractivity contribution in [3.05, 3.63) is 85.4 Å². The number of ether oxygens (including phenoxy) is 2. The Morgan fingerprint density at radius 2 is 1.46 bits per heavy atom. The van der Waals surface area contributed by atoms with Crippen molar-refractivity contribution < 1.29 is 19.7 Å². The van der Waals surface area contributed by atoms with Crippen LogP contribution >= 0.6 is 0 Å².